The molecule has 0 bridgehead atoms. The number of hydrogen-bond acceptors (Lipinski definition) is 2. The number of aryl methyl sites for hydroxylation is 1. The summed E-state index contributed by atoms with van der Waals surface area (Å²) in [6.07, 6.45) is 2.54. The highest BCUT2D eigenvalue weighted by atomic mass is 15.2. The summed E-state index contributed by atoms with van der Waals surface area (Å²) in [5.41, 5.74) is 8.81. The molecule has 0 spiro atoms. The van der Waals surface area contributed by atoms with Crippen LogP contribution in [0.2, 0.25) is 0 Å². The van der Waals surface area contributed by atoms with Gasteiger partial charge in [-0.3, -0.25) is 4.90 Å². The molecule has 2 N–H and O–H groups in total. The van der Waals surface area contributed by atoms with Crippen molar-refractivity contribution in [2.45, 2.75) is 25.3 Å². The second-order valence-electron chi connectivity index (χ2n) is 4.56. The van der Waals surface area contributed by atoms with Gasteiger partial charge in [0.15, 0.2) is 0 Å². The van der Waals surface area contributed by atoms with Gasteiger partial charge in [-0.1, -0.05) is 24.3 Å². The monoisotopic (exact) mass is 204 g/mol. The summed E-state index contributed by atoms with van der Waals surface area (Å²) in [6, 6.07) is 8.71. The van der Waals surface area contributed by atoms with Crippen molar-refractivity contribution in [1.82, 2.24) is 4.90 Å². The molecule has 1 aromatic rings. The molecule has 0 aromatic heterocycles. The Morgan fingerprint density at radius 3 is 2.53 bits per heavy atom. The van der Waals surface area contributed by atoms with Gasteiger partial charge in [0.25, 0.3) is 0 Å². The van der Waals surface area contributed by atoms with Gasteiger partial charge in [0.2, 0.25) is 0 Å². The number of likely N-dealkylation sites (N-methyl/N-ethyl adjacent to an activating group) is 1. The van der Waals surface area contributed by atoms with Gasteiger partial charge in [0.05, 0.1) is 0 Å². The summed E-state index contributed by atoms with van der Waals surface area (Å²) in [4.78, 5) is 2.41. The van der Waals surface area contributed by atoms with Gasteiger partial charge in [0.1, 0.15) is 0 Å². The molecule has 0 amide bonds. The minimum absolute atomic E-state index is 0.296. The topological polar surface area (TPSA) is 29.3 Å². The smallest absolute Gasteiger partial charge is 0.0462 e. The fourth-order valence-electron chi connectivity index (χ4n) is 2.48. The first-order valence-electron chi connectivity index (χ1n) is 5.68. The summed E-state index contributed by atoms with van der Waals surface area (Å²) in [6.45, 7) is 3.92. The molecular formula is C13H20N2. The van der Waals surface area contributed by atoms with Crippen molar-refractivity contribution in [3.8, 4) is 0 Å². The summed E-state index contributed by atoms with van der Waals surface area (Å²) in [5, 5.41) is 0. The summed E-state index contributed by atoms with van der Waals surface area (Å²) < 4.78 is 0. The molecule has 1 fully saturated rings. The maximum atomic E-state index is 5.63. The van der Waals surface area contributed by atoms with Gasteiger partial charge in [-0.25, -0.2) is 0 Å². The third-order valence-corrected chi connectivity index (χ3v) is 3.57. The number of hydrogen-bond donors (Lipinski definition) is 1. The van der Waals surface area contributed by atoms with E-state index in [9.17, 15) is 0 Å². The van der Waals surface area contributed by atoms with Crippen LogP contribution in [-0.2, 0) is 5.54 Å². The molecule has 0 atom stereocenters. The summed E-state index contributed by atoms with van der Waals surface area (Å²) in [7, 11) is 2.19. The molecule has 0 saturated heterocycles. The zero-order valence-corrected chi connectivity index (χ0v) is 9.66. The highest BCUT2D eigenvalue weighted by molar-refractivity contribution is 5.36. The predicted molar refractivity (Wildman–Crippen MR) is 63.8 cm³/mol. The molecule has 0 unspecified atom stereocenters. The Hall–Kier alpha value is -0.860. The van der Waals surface area contributed by atoms with E-state index in [1.54, 1.807) is 0 Å². The lowest BCUT2D eigenvalue weighted by Crippen LogP contribution is -2.36. The minimum atomic E-state index is 0.296. The van der Waals surface area contributed by atoms with Crippen LogP contribution in [0.3, 0.4) is 0 Å². The first-order valence-corrected chi connectivity index (χ1v) is 5.68. The summed E-state index contributed by atoms with van der Waals surface area (Å²) in [5.74, 6) is 0. The van der Waals surface area contributed by atoms with Gasteiger partial charge in [0, 0.05) is 18.6 Å². The van der Waals surface area contributed by atoms with Crippen molar-refractivity contribution in [2.24, 2.45) is 5.73 Å². The molecule has 15 heavy (non-hydrogen) atoms. The molecule has 2 heteroatoms. The highest BCUT2D eigenvalue weighted by Crippen LogP contribution is 2.51. The normalized spacial score (nSPS) is 18.1. The van der Waals surface area contributed by atoms with E-state index in [2.05, 4.69) is 43.1 Å². The first-order chi connectivity index (χ1) is 7.20. The molecule has 82 valence electrons. The van der Waals surface area contributed by atoms with Crippen LogP contribution in [-0.4, -0.2) is 25.0 Å². The Balaban J connectivity index is 2.26. The number of nitrogens with zero attached hydrogens (tertiary/aromatic N) is 1. The predicted octanol–water partition coefficient (Wildman–Crippen LogP) is 1.87. The standard InChI is InChI=1S/C13H20N2/c1-11-5-3-4-6-12(11)13(7-8-13)15(2)10-9-14/h3-6H,7-10,14H2,1-2H3. The molecule has 2 rings (SSSR count). The summed E-state index contributed by atoms with van der Waals surface area (Å²) >= 11 is 0. The van der Waals surface area contributed by atoms with Crippen molar-refractivity contribution in [1.29, 1.82) is 0 Å². The molecule has 0 heterocycles. The molecule has 1 aliphatic rings. The SMILES string of the molecule is Cc1ccccc1C1(N(C)CCN)CC1. The Kier molecular flexibility index (Phi) is 2.81. The Bertz CT molecular complexity index is 342. The number of nitrogens with two attached hydrogens (primary N) is 1. The quantitative estimate of drug-likeness (QED) is 0.811. The molecular weight excluding hydrogens is 184 g/mol. The van der Waals surface area contributed by atoms with E-state index in [0.29, 0.717) is 5.54 Å². The maximum Gasteiger partial charge on any atom is 0.0462 e. The van der Waals surface area contributed by atoms with Gasteiger partial charge < -0.3 is 5.73 Å². The average Bonchev–Trinajstić information content (AvgIpc) is 3.00. The number of benzene rings is 1. The van der Waals surface area contributed by atoms with Crippen molar-refractivity contribution < 1.29 is 0 Å². The van der Waals surface area contributed by atoms with E-state index < -0.39 is 0 Å². The molecule has 1 aromatic carbocycles. The van der Waals surface area contributed by atoms with Crippen LogP contribution in [0.1, 0.15) is 24.0 Å². The molecule has 0 aliphatic heterocycles. The van der Waals surface area contributed by atoms with Crippen molar-refractivity contribution in [3.05, 3.63) is 35.4 Å². The maximum absolute atomic E-state index is 5.63. The third-order valence-electron chi connectivity index (χ3n) is 3.57. The molecule has 1 aliphatic carbocycles. The second-order valence-corrected chi connectivity index (χ2v) is 4.56. The zero-order valence-electron chi connectivity index (χ0n) is 9.66. The van der Waals surface area contributed by atoms with Crippen molar-refractivity contribution >= 4 is 0 Å². The first kappa shape index (κ1) is 10.7. The van der Waals surface area contributed by atoms with Crippen LogP contribution in [0.25, 0.3) is 0 Å². The largest absolute Gasteiger partial charge is 0.329 e. The van der Waals surface area contributed by atoms with Crippen molar-refractivity contribution in [2.75, 3.05) is 20.1 Å². The van der Waals surface area contributed by atoms with Crippen LogP contribution in [0.5, 0.6) is 0 Å². The van der Waals surface area contributed by atoms with Crippen LogP contribution >= 0.6 is 0 Å². The molecule has 2 nitrogen and oxygen atoms in total. The van der Waals surface area contributed by atoms with E-state index in [1.807, 2.05) is 0 Å². The van der Waals surface area contributed by atoms with E-state index in [1.165, 1.54) is 24.0 Å². The molecule has 1 saturated carbocycles. The fraction of sp³-hybridized carbons (Fsp3) is 0.538. The molecule has 0 radical (unpaired) electrons. The Labute approximate surface area is 92.1 Å². The van der Waals surface area contributed by atoms with Crippen LogP contribution in [0.15, 0.2) is 24.3 Å². The number of rotatable bonds is 4. The third kappa shape index (κ3) is 1.80. The average molecular weight is 204 g/mol. The lowest BCUT2D eigenvalue weighted by Gasteiger charge is -2.29. The minimum Gasteiger partial charge on any atom is -0.329 e. The van der Waals surface area contributed by atoms with E-state index in [0.717, 1.165) is 13.1 Å². The lowest BCUT2D eigenvalue weighted by atomic mass is 9.98. The highest BCUT2D eigenvalue weighted by Gasteiger charge is 2.47. The van der Waals surface area contributed by atoms with Crippen LogP contribution < -0.4 is 5.73 Å². The van der Waals surface area contributed by atoms with Crippen molar-refractivity contribution in [3.63, 3.8) is 0 Å². The van der Waals surface area contributed by atoms with Gasteiger partial charge in [-0.2, -0.15) is 0 Å². The van der Waals surface area contributed by atoms with Gasteiger partial charge in [-0.15, -0.1) is 0 Å². The van der Waals surface area contributed by atoms with Crippen LogP contribution in [0.4, 0.5) is 0 Å². The Morgan fingerprint density at radius 1 is 1.33 bits per heavy atom. The van der Waals surface area contributed by atoms with E-state index >= 15 is 0 Å². The second kappa shape index (κ2) is 3.95. The van der Waals surface area contributed by atoms with E-state index in [-0.39, 0.29) is 0 Å². The zero-order chi connectivity index (χ0) is 10.9. The van der Waals surface area contributed by atoms with E-state index in [4.69, 9.17) is 5.73 Å². The van der Waals surface area contributed by atoms with Gasteiger partial charge >= 0.3 is 0 Å². The van der Waals surface area contributed by atoms with Crippen LogP contribution in [0, 0.1) is 6.92 Å². The fourth-order valence-corrected chi connectivity index (χ4v) is 2.48. The van der Waals surface area contributed by atoms with Gasteiger partial charge in [-0.05, 0) is 37.9 Å². The lowest BCUT2D eigenvalue weighted by molar-refractivity contribution is 0.228. The Morgan fingerprint density at radius 2 is 2.00 bits per heavy atom.